The Bertz CT molecular complexity index is 621. The van der Waals surface area contributed by atoms with Crippen LogP contribution in [-0.2, 0) is 14.6 Å². The molecule has 0 spiro atoms. The fourth-order valence-electron chi connectivity index (χ4n) is 1.76. The zero-order chi connectivity index (χ0) is 16.2. The van der Waals surface area contributed by atoms with Crippen molar-refractivity contribution in [1.82, 2.24) is 4.90 Å². The first kappa shape index (κ1) is 17.2. The molecule has 0 aliphatic carbocycles. The molecule has 1 aromatic carbocycles. The SMILES string of the molecule is CCS(=O)(=O)c1ccc(C(=O)N(C)CC(C)C(=O)O)cc1. The Kier molecular flexibility index (Phi) is 5.48. The largest absolute Gasteiger partial charge is 0.481 e. The van der Waals surface area contributed by atoms with Crippen LogP contribution in [0.1, 0.15) is 24.2 Å². The maximum atomic E-state index is 12.1. The second-order valence-electron chi connectivity index (χ2n) is 4.85. The summed E-state index contributed by atoms with van der Waals surface area (Å²) in [7, 11) is -1.78. The third kappa shape index (κ3) is 4.29. The Morgan fingerprint density at radius 1 is 1.24 bits per heavy atom. The molecule has 1 rings (SSSR count). The number of carboxylic acids is 1. The van der Waals surface area contributed by atoms with Gasteiger partial charge in [-0.25, -0.2) is 8.42 Å². The van der Waals surface area contributed by atoms with Crippen molar-refractivity contribution in [1.29, 1.82) is 0 Å². The van der Waals surface area contributed by atoms with Crippen LogP contribution in [0.25, 0.3) is 0 Å². The van der Waals surface area contributed by atoms with E-state index in [1.54, 1.807) is 6.92 Å². The van der Waals surface area contributed by atoms with Gasteiger partial charge in [-0.1, -0.05) is 13.8 Å². The van der Waals surface area contributed by atoms with E-state index in [2.05, 4.69) is 0 Å². The number of carboxylic acid groups (broad SMARTS) is 1. The summed E-state index contributed by atoms with van der Waals surface area (Å²) < 4.78 is 23.4. The number of rotatable bonds is 6. The van der Waals surface area contributed by atoms with Crippen molar-refractivity contribution in [2.45, 2.75) is 18.7 Å². The molecular weight excluding hydrogens is 294 g/mol. The van der Waals surface area contributed by atoms with Gasteiger partial charge in [-0.2, -0.15) is 0 Å². The van der Waals surface area contributed by atoms with Crippen LogP contribution in [0.3, 0.4) is 0 Å². The highest BCUT2D eigenvalue weighted by atomic mass is 32.2. The van der Waals surface area contributed by atoms with E-state index in [9.17, 15) is 18.0 Å². The van der Waals surface area contributed by atoms with Crippen molar-refractivity contribution < 1.29 is 23.1 Å². The van der Waals surface area contributed by atoms with E-state index in [-0.39, 0.29) is 23.1 Å². The van der Waals surface area contributed by atoms with Crippen LogP contribution >= 0.6 is 0 Å². The Morgan fingerprint density at radius 2 is 1.76 bits per heavy atom. The molecule has 21 heavy (non-hydrogen) atoms. The van der Waals surface area contributed by atoms with Gasteiger partial charge in [-0.3, -0.25) is 9.59 Å². The lowest BCUT2D eigenvalue weighted by Crippen LogP contribution is -2.33. The van der Waals surface area contributed by atoms with Gasteiger partial charge in [-0.05, 0) is 24.3 Å². The minimum Gasteiger partial charge on any atom is -0.481 e. The first-order valence-corrected chi connectivity index (χ1v) is 8.15. The molecule has 116 valence electrons. The lowest BCUT2D eigenvalue weighted by atomic mass is 10.1. The molecule has 0 aliphatic heterocycles. The number of carbonyl (C=O) groups is 2. The standard InChI is InChI=1S/C14H19NO5S/c1-4-21(19,20)12-7-5-11(6-8-12)13(16)15(3)9-10(2)14(17)18/h5-8,10H,4,9H2,1-3H3,(H,17,18). The number of nitrogens with zero attached hydrogens (tertiary/aromatic N) is 1. The average Bonchev–Trinajstić information content (AvgIpc) is 2.46. The summed E-state index contributed by atoms with van der Waals surface area (Å²) >= 11 is 0. The minimum absolute atomic E-state index is 0.00365. The molecule has 0 heterocycles. The molecule has 0 saturated carbocycles. The van der Waals surface area contributed by atoms with Gasteiger partial charge in [-0.15, -0.1) is 0 Å². The summed E-state index contributed by atoms with van der Waals surface area (Å²) in [5.74, 6) is -1.99. The third-order valence-corrected chi connectivity index (χ3v) is 4.91. The average molecular weight is 313 g/mol. The van der Waals surface area contributed by atoms with Crippen molar-refractivity contribution in [3.8, 4) is 0 Å². The highest BCUT2D eigenvalue weighted by Gasteiger charge is 2.19. The van der Waals surface area contributed by atoms with Crippen LogP contribution in [0.2, 0.25) is 0 Å². The smallest absolute Gasteiger partial charge is 0.308 e. The molecule has 0 radical (unpaired) electrons. The first-order chi connectivity index (χ1) is 9.69. The van der Waals surface area contributed by atoms with Crippen LogP contribution < -0.4 is 0 Å². The van der Waals surface area contributed by atoms with E-state index in [1.807, 2.05) is 0 Å². The number of carbonyl (C=O) groups excluding carboxylic acids is 1. The van der Waals surface area contributed by atoms with Crippen molar-refractivity contribution >= 4 is 21.7 Å². The van der Waals surface area contributed by atoms with Crippen LogP contribution in [0.4, 0.5) is 0 Å². The molecule has 1 aromatic rings. The fourth-order valence-corrected chi connectivity index (χ4v) is 2.65. The van der Waals surface area contributed by atoms with Crippen LogP contribution in [0.15, 0.2) is 29.2 Å². The first-order valence-electron chi connectivity index (χ1n) is 6.50. The van der Waals surface area contributed by atoms with Crippen molar-refractivity contribution in [3.63, 3.8) is 0 Å². The molecule has 1 atom stereocenters. The van der Waals surface area contributed by atoms with Gasteiger partial charge in [0.05, 0.1) is 16.6 Å². The third-order valence-electron chi connectivity index (χ3n) is 3.16. The minimum atomic E-state index is -3.29. The van der Waals surface area contributed by atoms with Crippen molar-refractivity contribution in [2.75, 3.05) is 19.3 Å². The lowest BCUT2D eigenvalue weighted by Gasteiger charge is -2.19. The number of sulfone groups is 1. The highest BCUT2D eigenvalue weighted by molar-refractivity contribution is 7.91. The second-order valence-corrected chi connectivity index (χ2v) is 7.13. The van der Waals surface area contributed by atoms with Gasteiger partial charge in [0.2, 0.25) is 0 Å². The number of hydrogen-bond donors (Lipinski definition) is 1. The molecule has 6 nitrogen and oxygen atoms in total. The molecule has 1 N–H and O–H groups in total. The summed E-state index contributed by atoms with van der Waals surface area (Å²) in [6, 6.07) is 5.65. The fraction of sp³-hybridized carbons (Fsp3) is 0.429. The maximum absolute atomic E-state index is 12.1. The summed E-state index contributed by atoms with van der Waals surface area (Å²) in [5, 5.41) is 8.83. The van der Waals surface area contributed by atoms with Crippen molar-refractivity contribution in [2.24, 2.45) is 5.92 Å². The molecule has 1 amide bonds. The molecule has 7 heteroatoms. The summed E-state index contributed by atoms with van der Waals surface area (Å²) in [5.41, 5.74) is 0.324. The zero-order valence-corrected chi connectivity index (χ0v) is 13.1. The van der Waals surface area contributed by atoms with Gasteiger partial charge >= 0.3 is 5.97 Å². The Balaban J connectivity index is 2.87. The monoisotopic (exact) mass is 313 g/mol. The molecule has 0 bridgehead atoms. The predicted molar refractivity (Wildman–Crippen MR) is 77.9 cm³/mol. The quantitative estimate of drug-likeness (QED) is 0.854. The predicted octanol–water partition coefficient (Wildman–Crippen LogP) is 1.27. The van der Waals surface area contributed by atoms with Gasteiger partial charge in [0.1, 0.15) is 0 Å². The molecule has 0 saturated heterocycles. The van der Waals surface area contributed by atoms with E-state index < -0.39 is 21.7 Å². The van der Waals surface area contributed by atoms with Gasteiger partial charge in [0.25, 0.3) is 5.91 Å². The maximum Gasteiger partial charge on any atom is 0.308 e. The molecule has 1 unspecified atom stereocenters. The molecular formula is C14H19NO5S. The van der Waals surface area contributed by atoms with E-state index in [0.29, 0.717) is 5.56 Å². The topological polar surface area (TPSA) is 91.8 Å². The Morgan fingerprint density at radius 3 is 2.19 bits per heavy atom. The molecule has 0 fully saturated rings. The second kappa shape index (κ2) is 6.71. The number of aliphatic carboxylic acids is 1. The summed E-state index contributed by atoms with van der Waals surface area (Å²) in [4.78, 5) is 24.4. The molecule has 0 aliphatic rings. The highest BCUT2D eigenvalue weighted by Crippen LogP contribution is 2.14. The number of amides is 1. The summed E-state index contributed by atoms with van der Waals surface area (Å²) in [6.07, 6.45) is 0. The zero-order valence-electron chi connectivity index (χ0n) is 12.2. The van der Waals surface area contributed by atoms with Gasteiger partial charge < -0.3 is 10.0 Å². The van der Waals surface area contributed by atoms with Crippen LogP contribution in [-0.4, -0.2) is 49.6 Å². The van der Waals surface area contributed by atoms with E-state index >= 15 is 0 Å². The van der Waals surface area contributed by atoms with E-state index in [0.717, 1.165) is 0 Å². The van der Waals surface area contributed by atoms with Gasteiger partial charge in [0, 0.05) is 19.2 Å². The van der Waals surface area contributed by atoms with Crippen LogP contribution in [0.5, 0.6) is 0 Å². The normalized spacial score (nSPS) is 12.7. The van der Waals surface area contributed by atoms with E-state index in [1.165, 1.54) is 43.1 Å². The Labute approximate surface area is 124 Å². The molecule has 0 aromatic heterocycles. The number of hydrogen-bond acceptors (Lipinski definition) is 4. The summed E-state index contributed by atoms with van der Waals surface area (Å²) in [6.45, 7) is 3.15. The lowest BCUT2D eigenvalue weighted by molar-refractivity contribution is -0.141. The number of benzene rings is 1. The van der Waals surface area contributed by atoms with Gasteiger partial charge in [0.15, 0.2) is 9.84 Å². The van der Waals surface area contributed by atoms with Crippen LogP contribution in [0, 0.1) is 5.92 Å². The van der Waals surface area contributed by atoms with Crippen molar-refractivity contribution in [3.05, 3.63) is 29.8 Å². The Hall–Kier alpha value is -1.89. The van der Waals surface area contributed by atoms with E-state index in [4.69, 9.17) is 5.11 Å².